The molecule has 1 heterocycles. The van der Waals surface area contributed by atoms with Gasteiger partial charge in [-0.2, -0.15) is 0 Å². The third kappa shape index (κ3) is 5.02. The lowest BCUT2D eigenvalue weighted by atomic mass is 9.95. The van der Waals surface area contributed by atoms with E-state index in [0.29, 0.717) is 0 Å². The molecule has 88 valence electrons. The monoisotopic (exact) mass is 214 g/mol. The minimum atomic E-state index is 0.00183. The second-order valence-electron chi connectivity index (χ2n) is 4.32. The zero-order valence-electron chi connectivity index (χ0n) is 9.79. The van der Waals surface area contributed by atoms with E-state index in [1.807, 2.05) is 0 Å². The van der Waals surface area contributed by atoms with Crippen LogP contribution in [-0.4, -0.2) is 44.8 Å². The molecule has 0 spiro atoms. The van der Waals surface area contributed by atoms with Crippen molar-refractivity contribution in [2.24, 2.45) is 5.92 Å². The number of ether oxygens (including phenoxy) is 1. The van der Waals surface area contributed by atoms with Crippen molar-refractivity contribution in [2.75, 3.05) is 33.9 Å². The Bertz CT molecular complexity index is 189. The number of hydrogen-bond acceptors (Lipinski definition) is 2. The Balaban J connectivity index is 1.98. The first-order valence-corrected chi connectivity index (χ1v) is 5.73. The van der Waals surface area contributed by atoms with Gasteiger partial charge in [0.25, 0.3) is 0 Å². The molecular formula is C11H22N2O2. The number of carbonyl (C=O) groups excluding carboxylic acids is 1. The van der Waals surface area contributed by atoms with Gasteiger partial charge in [-0.1, -0.05) is 0 Å². The average molecular weight is 214 g/mol. The van der Waals surface area contributed by atoms with Crippen LogP contribution in [0.4, 0.5) is 4.79 Å². The molecule has 0 bridgehead atoms. The summed E-state index contributed by atoms with van der Waals surface area (Å²) in [5, 5.41) is 2.88. The second kappa shape index (κ2) is 6.67. The van der Waals surface area contributed by atoms with Crippen molar-refractivity contribution in [3.05, 3.63) is 0 Å². The Hall–Kier alpha value is -0.770. The minimum Gasteiger partial charge on any atom is -0.381 e. The Morgan fingerprint density at radius 1 is 1.40 bits per heavy atom. The van der Waals surface area contributed by atoms with Crippen LogP contribution in [0.3, 0.4) is 0 Å². The molecule has 4 heteroatoms. The van der Waals surface area contributed by atoms with Crippen molar-refractivity contribution in [3.8, 4) is 0 Å². The molecule has 4 nitrogen and oxygen atoms in total. The molecule has 0 unspecified atom stereocenters. The molecule has 0 aromatic rings. The van der Waals surface area contributed by atoms with Crippen molar-refractivity contribution in [1.29, 1.82) is 0 Å². The highest BCUT2D eigenvalue weighted by Crippen LogP contribution is 2.19. The van der Waals surface area contributed by atoms with Gasteiger partial charge in [-0.05, 0) is 31.6 Å². The first-order chi connectivity index (χ1) is 7.20. The van der Waals surface area contributed by atoms with E-state index in [-0.39, 0.29) is 6.03 Å². The zero-order valence-corrected chi connectivity index (χ0v) is 9.79. The molecule has 1 rings (SSSR count). The van der Waals surface area contributed by atoms with Crippen molar-refractivity contribution >= 4 is 6.03 Å². The van der Waals surface area contributed by atoms with E-state index >= 15 is 0 Å². The lowest BCUT2D eigenvalue weighted by Crippen LogP contribution is -2.35. The highest BCUT2D eigenvalue weighted by molar-refractivity contribution is 5.73. The van der Waals surface area contributed by atoms with Crippen molar-refractivity contribution < 1.29 is 9.53 Å². The molecule has 1 aliphatic rings. The molecule has 15 heavy (non-hydrogen) atoms. The maximum atomic E-state index is 11.2. The van der Waals surface area contributed by atoms with Crippen molar-refractivity contribution in [1.82, 2.24) is 10.2 Å². The van der Waals surface area contributed by atoms with Crippen LogP contribution in [0.1, 0.15) is 25.7 Å². The Morgan fingerprint density at radius 3 is 2.67 bits per heavy atom. The highest BCUT2D eigenvalue weighted by Gasteiger charge is 2.13. The molecule has 1 N–H and O–H groups in total. The summed E-state index contributed by atoms with van der Waals surface area (Å²) in [6, 6.07) is 0.00183. The van der Waals surface area contributed by atoms with E-state index < -0.39 is 0 Å². The third-order valence-corrected chi connectivity index (χ3v) is 2.81. The average Bonchev–Trinajstić information content (AvgIpc) is 2.25. The van der Waals surface area contributed by atoms with Crippen LogP contribution in [0.15, 0.2) is 0 Å². The SMILES string of the molecule is CN(C)C(=O)NCCCC1CCOCC1. The Kier molecular flexibility index (Phi) is 5.47. The number of carbonyl (C=O) groups is 1. The van der Waals surface area contributed by atoms with Gasteiger partial charge >= 0.3 is 6.03 Å². The molecule has 1 saturated heterocycles. The van der Waals surface area contributed by atoms with Gasteiger partial charge in [0, 0.05) is 33.9 Å². The highest BCUT2D eigenvalue weighted by atomic mass is 16.5. The predicted octanol–water partition coefficient (Wildman–Crippen LogP) is 1.46. The molecule has 1 aliphatic heterocycles. The van der Waals surface area contributed by atoms with Crippen molar-refractivity contribution in [3.63, 3.8) is 0 Å². The van der Waals surface area contributed by atoms with Crippen LogP contribution < -0.4 is 5.32 Å². The Labute approximate surface area is 92.0 Å². The number of rotatable bonds is 4. The van der Waals surface area contributed by atoms with Gasteiger partial charge in [0.15, 0.2) is 0 Å². The summed E-state index contributed by atoms with van der Waals surface area (Å²) in [7, 11) is 3.52. The first-order valence-electron chi connectivity index (χ1n) is 5.73. The number of amides is 2. The maximum absolute atomic E-state index is 11.2. The van der Waals surface area contributed by atoms with E-state index in [1.165, 1.54) is 19.3 Å². The number of urea groups is 1. The maximum Gasteiger partial charge on any atom is 0.316 e. The molecular weight excluding hydrogens is 192 g/mol. The number of nitrogens with one attached hydrogen (secondary N) is 1. The zero-order chi connectivity index (χ0) is 11.1. The first kappa shape index (κ1) is 12.3. The molecule has 0 saturated carbocycles. The predicted molar refractivity (Wildman–Crippen MR) is 59.9 cm³/mol. The molecule has 2 amide bonds. The van der Waals surface area contributed by atoms with Crippen molar-refractivity contribution in [2.45, 2.75) is 25.7 Å². The molecule has 1 fully saturated rings. The number of nitrogens with zero attached hydrogens (tertiary/aromatic N) is 1. The third-order valence-electron chi connectivity index (χ3n) is 2.81. The lowest BCUT2D eigenvalue weighted by molar-refractivity contribution is 0.0633. The van der Waals surface area contributed by atoms with Gasteiger partial charge in [-0.25, -0.2) is 4.79 Å². The van der Waals surface area contributed by atoms with Gasteiger partial charge in [0.05, 0.1) is 0 Å². The summed E-state index contributed by atoms with van der Waals surface area (Å²) in [6.07, 6.45) is 4.64. The van der Waals surface area contributed by atoms with Gasteiger partial charge < -0.3 is 15.0 Å². The van der Waals surface area contributed by atoms with E-state index in [2.05, 4.69) is 5.32 Å². The smallest absolute Gasteiger partial charge is 0.316 e. The second-order valence-corrected chi connectivity index (χ2v) is 4.32. The van der Waals surface area contributed by atoms with Crippen LogP contribution in [0.2, 0.25) is 0 Å². The standard InChI is InChI=1S/C11H22N2O2/c1-13(2)11(14)12-7-3-4-10-5-8-15-9-6-10/h10H,3-9H2,1-2H3,(H,12,14). The molecule has 0 aliphatic carbocycles. The largest absolute Gasteiger partial charge is 0.381 e. The van der Waals surface area contributed by atoms with Gasteiger partial charge in [0.2, 0.25) is 0 Å². The van der Waals surface area contributed by atoms with Gasteiger partial charge in [0.1, 0.15) is 0 Å². The lowest BCUT2D eigenvalue weighted by Gasteiger charge is -2.21. The van der Waals surface area contributed by atoms with E-state index in [9.17, 15) is 4.79 Å². The van der Waals surface area contributed by atoms with E-state index in [0.717, 1.165) is 32.1 Å². The van der Waals surface area contributed by atoms with Crippen LogP contribution in [0.5, 0.6) is 0 Å². The molecule has 0 radical (unpaired) electrons. The minimum absolute atomic E-state index is 0.00183. The fourth-order valence-electron chi connectivity index (χ4n) is 1.78. The van der Waals surface area contributed by atoms with Crippen LogP contribution in [0.25, 0.3) is 0 Å². The summed E-state index contributed by atoms with van der Waals surface area (Å²) < 4.78 is 5.30. The molecule has 0 aromatic carbocycles. The summed E-state index contributed by atoms with van der Waals surface area (Å²) >= 11 is 0. The fraction of sp³-hybridized carbons (Fsp3) is 0.909. The fourth-order valence-corrected chi connectivity index (χ4v) is 1.78. The summed E-state index contributed by atoms with van der Waals surface area (Å²) in [4.78, 5) is 12.8. The van der Waals surface area contributed by atoms with E-state index in [4.69, 9.17) is 4.74 Å². The quantitative estimate of drug-likeness (QED) is 0.720. The normalized spacial score (nSPS) is 17.5. The van der Waals surface area contributed by atoms with E-state index in [1.54, 1.807) is 19.0 Å². The van der Waals surface area contributed by atoms with Crippen LogP contribution in [-0.2, 0) is 4.74 Å². The number of hydrogen-bond donors (Lipinski definition) is 1. The van der Waals surface area contributed by atoms with Crippen LogP contribution >= 0.6 is 0 Å². The van der Waals surface area contributed by atoms with Gasteiger partial charge in [-0.15, -0.1) is 0 Å². The topological polar surface area (TPSA) is 41.6 Å². The van der Waals surface area contributed by atoms with Gasteiger partial charge in [-0.3, -0.25) is 0 Å². The summed E-state index contributed by atoms with van der Waals surface area (Å²) in [6.45, 7) is 2.61. The molecule has 0 aromatic heterocycles. The summed E-state index contributed by atoms with van der Waals surface area (Å²) in [5.74, 6) is 0.801. The summed E-state index contributed by atoms with van der Waals surface area (Å²) in [5.41, 5.74) is 0. The van der Waals surface area contributed by atoms with Crippen LogP contribution in [0, 0.1) is 5.92 Å². The Morgan fingerprint density at radius 2 is 2.07 bits per heavy atom. The molecule has 0 atom stereocenters.